The van der Waals surface area contributed by atoms with Crippen LogP contribution in [0.2, 0.25) is 0 Å². The maximum Gasteiger partial charge on any atom is 0.250 e. The number of fused-ring (bicyclic) bond motifs is 4. The van der Waals surface area contributed by atoms with E-state index in [2.05, 4.69) is 39.5 Å². The molecule has 1 fully saturated rings. The average molecular weight is 401 g/mol. The van der Waals surface area contributed by atoms with E-state index in [0.29, 0.717) is 49.0 Å². The Kier molecular flexibility index (Phi) is 6.15. The van der Waals surface area contributed by atoms with E-state index in [-0.39, 0.29) is 11.6 Å². The lowest BCUT2D eigenvalue weighted by Gasteiger charge is -2.47. The Morgan fingerprint density at radius 1 is 1.31 bits per heavy atom. The van der Waals surface area contributed by atoms with Crippen LogP contribution in [-0.4, -0.2) is 46.4 Å². The molecule has 29 heavy (non-hydrogen) atoms. The zero-order chi connectivity index (χ0) is 20.4. The summed E-state index contributed by atoms with van der Waals surface area (Å²) in [4.78, 5) is 19.7. The Hall–Kier alpha value is -1.99. The fraction of sp³-hybridized carbons (Fsp3) is 0.682. The summed E-state index contributed by atoms with van der Waals surface area (Å²) in [5, 5.41) is 4.06. The molecule has 7 heteroatoms. The summed E-state index contributed by atoms with van der Waals surface area (Å²) in [6, 6.07) is 6.04. The molecule has 0 amide bonds. The quantitative estimate of drug-likeness (QED) is 0.678. The predicted octanol–water partition coefficient (Wildman–Crippen LogP) is 3.02. The van der Waals surface area contributed by atoms with Crippen molar-refractivity contribution < 1.29 is 9.26 Å². The SMILES string of the molecule is COCCc1noc(CN2C[C@H]3C[C@@H](C2)[C@H](CCC(C)C)n2c3cccc2=O)n1. The fourth-order valence-corrected chi connectivity index (χ4v) is 4.98. The molecule has 0 aliphatic carbocycles. The number of hydrogen-bond acceptors (Lipinski definition) is 6. The molecular formula is C22H32N4O3. The van der Waals surface area contributed by atoms with Crippen LogP contribution in [0.5, 0.6) is 0 Å². The summed E-state index contributed by atoms with van der Waals surface area (Å²) in [7, 11) is 1.67. The number of pyridine rings is 1. The molecule has 4 rings (SSSR count). The Morgan fingerprint density at radius 3 is 2.97 bits per heavy atom. The van der Waals surface area contributed by atoms with Crippen LogP contribution in [0.3, 0.4) is 0 Å². The molecule has 2 bridgehead atoms. The second kappa shape index (κ2) is 8.79. The lowest BCUT2D eigenvalue weighted by atomic mass is 9.76. The minimum absolute atomic E-state index is 0.152. The third-order valence-electron chi connectivity index (χ3n) is 6.31. The lowest BCUT2D eigenvalue weighted by molar-refractivity contribution is 0.0726. The third kappa shape index (κ3) is 4.46. The van der Waals surface area contributed by atoms with Crippen molar-refractivity contribution in [3.05, 3.63) is 46.0 Å². The monoisotopic (exact) mass is 400 g/mol. The molecule has 0 spiro atoms. The smallest absolute Gasteiger partial charge is 0.250 e. The summed E-state index contributed by atoms with van der Waals surface area (Å²) >= 11 is 0. The summed E-state index contributed by atoms with van der Waals surface area (Å²) < 4.78 is 12.7. The first-order valence-corrected chi connectivity index (χ1v) is 10.8. The Morgan fingerprint density at radius 2 is 2.17 bits per heavy atom. The van der Waals surface area contributed by atoms with Crippen molar-refractivity contribution in [2.75, 3.05) is 26.8 Å². The fourth-order valence-electron chi connectivity index (χ4n) is 4.98. The third-order valence-corrected chi connectivity index (χ3v) is 6.31. The second-order valence-corrected chi connectivity index (χ2v) is 8.93. The molecule has 158 valence electrons. The minimum Gasteiger partial charge on any atom is -0.384 e. The Labute approximate surface area is 172 Å². The second-order valence-electron chi connectivity index (χ2n) is 8.93. The van der Waals surface area contributed by atoms with Gasteiger partial charge in [0.1, 0.15) is 0 Å². The van der Waals surface area contributed by atoms with Crippen LogP contribution in [0.1, 0.15) is 62.5 Å². The highest BCUT2D eigenvalue weighted by atomic mass is 16.5. The van der Waals surface area contributed by atoms with Crippen molar-refractivity contribution in [3.63, 3.8) is 0 Å². The van der Waals surface area contributed by atoms with Gasteiger partial charge >= 0.3 is 0 Å². The standard InChI is InChI=1S/C22H32N4O3/c1-15(2)7-8-19-17-11-16(18-5-4-6-22(27)26(18)19)12-25(13-17)14-21-23-20(24-29-21)9-10-28-3/h4-6,15-17,19H,7-14H2,1-3H3/t16-,17+,19+/m1/s1. The molecule has 0 saturated carbocycles. The van der Waals surface area contributed by atoms with Crippen molar-refractivity contribution in [1.82, 2.24) is 19.6 Å². The van der Waals surface area contributed by atoms with Gasteiger partial charge in [-0.2, -0.15) is 4.98 Å². The van der Waals surface area contributed by atoms with E-state index < -0.39 is 0 Å². The molecule has 0 radical (unpaired) electrons. The number of methoxy groups -OCH3 is 1. The van der Waals surface area contributed by atoms with Crippen molar-refractivity contribution in [2.24, 2.45) is 11.8 Å². The number of likely N-dealkylation sites (tertiary alicyclic amines) is 1. The van der Waals surface area contributed by atoms with Gasteiger partial charge in [0, 0.05) is 50.3 Å². The number of piperidine rings is 1. The molecule has 4 heterocycles. The van der Waals surface area contributed by atoms with Gasteiger partial charge in [-0.3, -0.25) is 9.69 Å². The summed E-state index contributed by atoms with van der Waals surface area (Å²) in [6.45, 7) is 7.66. The van der Waals surface area contributed by atoms with E-state index in [1.54, 1.807) is 13.2 Å². The first-order chi connectivity index (χ1) is 14.0. The predicted molar refractivity (Wildman–Crippen MR) is 110 cm³/mol. The topological polar surface area (TPSA) is 73.4 Å². The van der Waals surface area contributed by atoms with Gasteiger partial charge in [0.15, 0.2) is 5.82 Å². The summed E-state index contributed by atoms with van der Waals surface area (Å²) in [5.41, 5.74) is 1.35. The van der Waals surface area contributed by atoms with Crippen LogP contribution < -0.4 is 5.56 Å². The summed E-state index contributed by atoms with van der Waals surface area (Å²) in [6.07, 6.45) is 4.02. The number of hydrogen-bond donors (Lipinski definition) is 0. The maximum absolute atomic E-state index is 12.7. The molecule has 2 aromatic rings. The van der Waals surface area contributed by atoms with E-state index in [9.17, 15) is 4.79 Å². The molecule has 2 aliphatic rings. The van der Waals surface area contributed by atoms with Crippen molar-refractivity contribution in [1.29, 1.82) is 0 Å². The van der Waals surface area contributed by atoms with Crippen LogP contribution in [0.25, 0.3) is 0 Å². The van der Waals surface area contributed by atoms with Crippen LogP contribution >= 0.6 is 0 Å². The van der Waals surface area contributed by atoms with E-state index in [1.165, 1.54) is 5.69 Å². The zero-order valence-electron chi connectivity index (χ0n) is 17.7. The Balaban J connectivity index is 1.53. The molecule has 2 aliphatic heterocycles. The van der Waals surface area contributed by atoms with Crippen LogP contribution in [0.15, 0.2) is 27.5 Å². The molecule has 0 unspecified atom stereocenters. The molecule has 3 atom stereocenters. The maximum atomic E-state index is 12.7. The number of nitrogens with zero attached hydrogens (tertiary/aromatic N) is 4. The molecule has 7 nitrogen and oxygen atoms in total. The van der Waals surface area contributed by atoms with Gasteiger partial charge in [-0.1, -0.05) is 25.1 Å². The first kappa shape index (κ1) is 20.3. The van der Waals surface area contributed by atoms with Crippen LogP contribution in [0.4, 0.5) is 0 Å². The van der Waals surface area contributed by atoms with Crippen molar-refractivity contribution >= 4 is 0 Å². The van der Waals surface area contributed by atoms with Gasteiger partial charge in [0.25, 0.3) is 5.56 Å². The van der Waals surface area contributed by atoms with E-state index in [0.717, 1.165) is 32.4 Å². The zero-order valence-corrected chi connectivity index (χ0v) is 17.7. The van der Waals surface area contributed by atoms with Gasteiger partial charge in [-0.25, -0.2) is 0 Å². The highest BCUT2D eigenvalue weighted by Gasteiger charge is 2.40. The number of aromatic nitrogens is 3. The normalized spacial score (nSPS) is 24.1. The van der Waals surface area contributed by atoms with E-state index in [4.69, 9.17) is 9.26 Å². The number of ether oxygens (including phenoxy) is 1. The minimum atomic E-state index is 0.152. The molecule has 0 N–H and O–H groups in total. The van der Waals surface area contributed by atoms with Gasteiger partial charge in [-0.15, -0.1) is 0 Å². The van der Waals surface area contributed by atoms with Gasteiger partial charge < -0.3 is 13.8 Å². The molecule has 2 aromatic heterocycles. The molecule has 0 aromatic carbocycles. The molecular weight excluding hydrogens is 368 g/mol. The highest BCUT2D eigenvalue weighted by Crippen LogP contribution is 2.43. The van der Waals surface area contributed by atoms with Crippen LogP contribution in [0, 0.1) is 11.8 Å². The number of rotatable bonds is 8. The lowest BCUT2D eigenvalue weighted by Crippen LogP contribution is -2.49. The van der Waals surface area contributed by atoms with Crippen LogP contribution in [-0.2, 0) is 17.7 Å². The van der Waals surface area contributed by atoms with E-state index in [1.807, 2.05) is 6.07 Å². The van der Waals surface area contributed by atoms with Gasteiger partial charge in [-0.05, 0) is 37.2 Å². The molecule has 1 saturated heterocycles. The summed E-state index contributed by atoms with van der Waals surface area (Å²) in [5.74, 6) is 2.87. The Bertz CT molecular complexity index is 875. The average Bonchev–Trinajstić information content (AvgIpc) is 3.13. The van der Waals surface area contributed by atoms with Crippen molar-refractivity contribution in [3.8, 4) is 0 Å². The van der Waals surface area contributed by atoms with E-state index >= 15 is 0 Å². The largest absolute Gasteiger partial charge is 0.384 e. The van der Waals surface area contributed by atoms with Gasteiger partial charge in [0.05, 0.1) is 13.2 Å². The van der Waals surface area contributed by atoms with Crippen molar-refractivity contribution in [2.45, 2.75) is 58.0 Å². The first-order valence-electron chi connectivity index (χ1n) is 10.8. The highest BCUT2D eigenvalue weighted by molar-refractivity contribution is 5.19. The van der Waals surface area contributed by atoms with Gasteiger partial charge in [0.2, 0.25) is 5.89 Å².